The maximum Gasteiger partial charge on any atom is 0.189 e. The number of aliphatic imine (C=N–C) groups is 1. The van der Waals surface area contributed by atoms with Crippen LogP contribution in [0.15, 0.2) is 48.0 Å². The van der Waals surface area contributed by atoms with Gasteiger partial charge in [0.1, 0.15) is 0 Å². The van der Waals surface area contributed by atoms with Gasteiger partial charge in [-0.2, -0.15) is 0 Å². The Labute approximate surface area is 119 Å². The van der Waals surface area contributed by atoms with Crippen molar-refractivity contribution in [3.63, 3.8) is 0 Å². The monoisotopic (exact) mass is 271 g/mol. The molecule has 0 saturated carbocycles. The van der Waals surface area contributed by atoms with Gasteiger partial charge in [-0.3, -0.25) is 0 Å². The summed E-state index contributed by atoms with van der Waals surface area (Å²) in [5.74, 6) is 0.486. The van der Waals surface area contributed by atoms with Crippen molar-refractivity contribution >= 4 is 5.96 Å². The number of nitrogens with one attached hydrogen (secondary N) is 1. The zero-order valence-corrected chi connectivity index (χ0v) is 12.0. The van der Waals surface area contributed by atoms with Gasteiger partial charge in [-0.1, -0.05) is 25.1 Å². The third-order valence-electron chi connectivity index (χ3n) is 3.20. The number of benzene rings is 1. The third kappa shape index (κ3) is 3.60. The molecule has 0 saturated heterocycles. The highest BCUT2D eigenvalue weighted by Gasteiger charge is 2.04. The number of para-hydroxylation sites is 1. The molecule has 0 bridgehead atoms. The molecule has 20 heavy (non-hydrogen) atoms. The summed E-state index contributed by atoms with van der Waals surface area (Å²) in [5.41, 5.74) is 8.07. The lowest BCUT2D eigenvalue weighted by Crippen LogP contribution is -2.38. The minimum Gasteiger partial charge on any atom is -0.370 e. The Balaban J connectivity index is 2.12. The first-order valence-electron chi connectivity index (χ1n) is 6.83. The van der Waals surface area contributed by atoms with E-state index in [-0.39, 0.29) is 0 Å². The van der Waals surface area contributed by atoms with Gasteiger partial charge in [0, 0.05) is 18.4 Å². The van der Waals surface area contributed by atoms with Gasteiger partial charge in [-0.15, -0.1) is 0 Å². The maximum absolute atomic E-state index is 5.89. The molecule has 2 rings (SSSR count). The first kappa shape index (κ1) is 14.1. The van der Waals surface area contributed by atoms with Gasteiger partial charge >= 0.3 is 0 Å². The van der Waals surface area contributed by atoms with Crippen molar-refractivity contribution in [1.82, 2.24) is 14.9 Å². The molecule has 0 spiro atoms. The molecule has 1 atom stereocenters. The van der Waals surface area contributed by atoms with Crippen LogP contribution in [0, 0.1) is 0 Å². The Hall–Kier alpha value is -2.30. The molecule has 0 aliphatic heterocycles. The molecule has 1 unspecified atom stereocenters. The Morgan fingerprint density at radius 3 is 2.95 bits per heavy atom. The van der Waals surface area contributed by atoms with E-state index < -0.39 is 0 Å². The molecule has 0 fully saturated rings. The topological polar surface area (TPSA) is 68.2 Å². The summed E-state index contributed by atoms with van der Waals surface area (Å²) in [4.78, 5) is 8.48. The molecule has 2 aromatic rings. The minimum atomic E-state index is 0.336. The average molecular weight is 271 g/mol. The Kier molecular flexibility index (Phi) is 4.76. The van der Waals surface area contributed by atoms with Crippen molar-refractivity contribution in [2.45, 2.75) is 32.9 Å². The summed E-state index contributed by atoms with van der Waals surface area (Å²) in [6.07, 6.45) is 6.48. The zero-order chi connectivity index (χ0) is 14.4. The SMILES string of the molecule is CCC(C)NC(N)=NCc1ccccc1-n1ccnc1. The highest BCUT2D eigenvalue weighted by atomic mass is 15.1. The van der Waals surface area contributed by atoms with Gasteiger partial charge < -0.3 is 15.6 Å². The number of nitrogens with two attached hydrogens (primary N) is 1. The van der Waals surface area contributed by atoms with E-state index in [1.165, 1.54) is 0 Å². The van der Waals surface area contributed by atoms with Crippen molar-refractivity contribution in [3.8, 4) is 5.69 Å². The molecule has 3 N–H and O–H groups in total. The number of guanidine groups is 1. The summed E-state index contributed by atoms with van der Waals surface area (Å²) in [7, 11) is 0. The van der Waals surface area contributed by atoms with Crippen LogP contribution in [0.1, 0.15) is 25.8 Å². The van der Waals surface area contributed by atoms with Crippen LogP contribution in [0.25, 0.3) is 5.69 Å². The van der Waals surface area contributed by atoms with Crippen molar-refractivity contribution in [2.24, 2.45) is 10.7 Å². The van der Waals surface area contributed by atoms with E-state index in [0.717, 1.165) is 17.7 Å². The molecule has 1 aromatic heterocycles. The van der Waals surface area contributed by atoms with Gasteiger partial charge in [-0.05, 0) is 25.0 Å². The fourth-order valence-corrected chi connectivity index (χ4v) is 1.87. The molecule has 5 nitrogen and oxygen atoms in total. The molecule has 1 aromatic carbocycles. The van der Waals surface area contributed by atoms with E-state index in [9.17, 15) is 0 Å². The minimum absolute atomic E-state index is 0.336. The number of nitrogens with zero attached hydrogens (tertiary/aromatic N) is 3. The fraction of sp³-hybridized carbons (Fsp3) is 0.333. The van der Waals surface area contributed by atoms with Crippen LogP contribution < -0.4 is 11.1 Å². The van der Waals surface area contributed by atoms with Crippen molar-refractivity contribution in [2.75, 3.05) is 0 Å². The molecule has 5 heteroatoms. The number of rotatable bonds is 5. The Bertz CT molecular complexity index is 559. The van der Waals surface area contributed by atoms with Crippen LogP contribution >= 0.6 is 0 Å². The average Bonchev–Trinajstić information content (AvgIpc) is 2.99. The quantitative estimate of drug-likeness (QED) is 0.646. The Morgan fingerprint density at radius 1 is 1.45 bits per heavy atom. The predicted octanol–water partition coefficient (Wildman–Crippen LogP) is 2.08. The second kappa shape index (κ2) is 6.75. The number of hydrogen-bond acceptors (Lipinski definition) is 2. The molecule has 0 aliphatic carbocycles. The lowest BCUT2D eigenvalue weighted by Gasteiger charge is -2.12. The third-order valence-corrected chi connectivity index (χ3v) is 3.20. The summed E-state index contributed by atoms with van der Waals surface area (Å²) < 4.78 is 1.98. The molecule has 106 valence electrons. The van der Waals surface area contributed by atoms with E-state index in [0.29, 0.717) is 18.5 Å². The standard InChI is InChI=1S/C15H21N5/c1-3-12(2)19-15(16)18-10-13-6-4-5-7-14(13)20-9-8-17-11-20/h4-9,11-12H,3,10H2,1-2H3,(H3,16,18,19). The summed E-state index contributed by atoms with van der Waals surface area (Å²) in [5, 5.41) is 3.16. The predicted molar refractivity (Wildman–Crippen MR) is 81.8 cm³/mol. The van der Waals surface area contributed by atoms with E-state index in [1.54, 1.807) is 12.5 Å². The zero-order valence-electron chi connectivity index (χ0n) is 12.0. The maximum atomic E-state index is 5.89. The summed E-state index contributed by atoms with van der Waals surface area (Å²) in [6, 6.07) is 8.44. The molecule has 0 amide bonds. The molecule has 1 heterocycles. The number of aromatic nitrogens is 2. The smallest absolute Gasteiger partial charge is 0.189 e. The van der Waals surface area contributed by atoms with Crippen LogP contribution in [0.3, 0.4) is 0 Å². The highest BCUT2D eigenvalue weighted by Crippen LogP contribution is 2.14. The van der Waals surface area contributed by atoms with Crippen LogP contribution in [0.4, 0.5) is 0 Å². The second-order valence-electron chi connectivity index (χ2n) is 4.75. The Morgan fingerprint density at radius 2 is 2.25 bits per heavy atom. The van der Waals surface area contributed by atoms with E-state index >= 15 is 0 Å². The van der Waals surface area contributed by atoms with Gasteiger partial charge in [0.25, 0.3) is 0 Å². The lowest BCUT2D eigenvalue weighted by molar-refractivity contribution is 0.636. The lowest BCUT2D eigenvalue weighted by atomic mass is 10.2. The second-order valence-corrected chi connectivity index (χ2v) is 4.75. The first-order valence-corrected chi connectivity index (χ1v) is 6.83. The van der Waals surface area contributed by atoms with Crippen LogP contribution in [-0.4, -0.2) is 21.6 Å². The molecular formula is C15H21N5. The molecular weight excluding hydrogens is 250 g/mol. The van der Waals surface area contributed by atoms with Gasteiger partial charge in [0.2, 0.25) is 0 Å². The van der Waals surface area contributed by atoms with Crippen LogP contribution in [-0.2, 0) is 6.54 Å². The van der Waals surface area contributed by atoms with Crippen LogP contribution in [0.5, 0.6) is 0 Å². The van der Waals surface area contributed by atoms with E-state index in [4.69, 9.17) is 5.73 Å². The van der Waals surface area contributed by atoms with Crippen LogP contribution in [0.2, 0.25) is 0 Å². The van der Waals surface area contributed by atoms with E-state index in [1.807, 2.05) is 29.0 Å². The number of imidazole rings is 1. The largest absolute Gasteiger partial charge is 0.370 e. The van der Waals surface area contributed by atoms with Crippen molar-refractivity contribution in [1.29, 1.82) is 0 Å². The summed E-state index contributed by atoms with van der Waals surface area (Å²) in [6.45, 7) is 4.74. The summed E-state index contributed by atoms with van der Waals surface area (Å²) >= 11 is 0. The fourth-order valence-electron chi connectivity index (χ4n) is 1.87. The van der Waals surface area contributed by atoms with Gasteiger partial charge in [0.15, 0.2) is 5.96 Å². The molecule has 0 aliphatic rings. The number of hydrogen-bond donors (Lipinski definition) is 2. The van der Waals surface area contributed by atoms with Crippen molar-refractivity contribution < 1.29 is 0 Å². The van der Waals surface area contributed by atoms with Crippen molar-refractivity contribution in [3.05, 3.63) is 48.5 Å². The van der Waals surface area contributed by atoms with E-state index in [2.05, 4.69) is 35.2 Å². The first-order chi connectivity index (χ1) is 9.70. The normalized spacial score (nSPS) is 13.2. The molecule has 0 radical (unpaired) electrons. The highest BCUT2D eigenvalue weighted by molar-refractivity contribution is 5.78. The van der Waals surface area contributed by atoms with Gasteiger partial charge in [0.05, 0.1) is 18.6 Å². The van der Waals surface area contributed by atoms with Gasteiger partial charge in [-0.25, -0.2) is 9.98 Å².